The zero-order valence-corrected chi connectivity index (χ0v) is 19.6. The maximum atomic E-state index is 14.2. The van der Waals surface area contributed by atoms with Crippen molar-refractivity contribution in [2.75, 3.05) is 31.6 Å². The van der Waals surface area contributed by atoms with Crippen molar-refractivity contribution in [3.8, 4) is 0 Å². The zero-order chi connectivity index (χ0) is 23.6. The standard InChI is InChI=1S/C24H27ClFN3O4/c1-24(2,3)33-23(30)29-10-11-31-21(15-8-9-17(25)18(26)12-15)16(14-29)13-27-22-28-19-6-4-5-7-20(19)32-22/h4-9,12,16,21H,10-11,13-14H2,1-3H3,(H,27,28)/t16-,21+/m1/s1. The molecule has 1 aliphatic rings. The number of aromatic nitrogens is 1. The number of amides is 1. The number of nitrogens with zero attached hydrogens (tertiary/aromatic N) is 2. The Morgan fingerprint density at radius 1 is 1.30 bits per heavy atom. The predicted octanol–water partition coefficient (Wildman–Crippen LogP) is 5.66. The van der Waals surface area contributed by atoms with Crippen LogP contribution in [-0.2, 0) is 9.47 Å². The molecule has 1 saturated heterocycles. The van der Waals surface area contributed by atoms with Gasteiger partial charge < -0.3 is 24.1 Å². The molecule has 0 bridgehead atoms. The molecule has 9 heteroatoms. The molecule has 176 valence electrons. The van der Waals surface area contributed by atoms with Gasteiger partial charge in [0.25, 0.3) is 6.01 Å². The molecule has 0 radical (unpaired) electrons. The first kappa shape index (κ1) is 23.3. The van der Waals surface area contributed by atoms with Gasteiger partial charge in [-0.2, -0.15) is 4.98 Å². The molecule has 3 aromatic rings. The molecular weight excluding hydrogens is 449 g/mol. The number of halogens is 2. The number of fused-ring (bicyclic) bond motifs is 1. The number of hydrogen-bond acceptors (Lipinski definition) is 6. The number of oxazole rings is 1. The minimum atomic E-state index is -0.616. The number of carbonyl (C=O) groups is 1. The maximum Gasteiger partial charge on any atom is 0.410 e. The molecule has 1 aliphatic heterocycles. The van der Waals surface area contributed by atoms with Crippen LogP contribution in [0.3, 0.4) is 0 Å². The Kier molecular flexibility index (Phi) is 6.76. The van der Waals surface area contributed by atoms with Crippen molar-refractivity contribution in [2.24, 2.45) is 5.92 Å². The predicted molar refractivity (Wildman–Crippen MR) is 124 cm³/mol. The molecule has 1 aromatic heterocycles. The Hall–Kier alpha value is -2.84. The summed E-state index contributed by atoms with van der Waals surface area (Å²) >= 11 is 5.88. The monoisotopic (exact) mass is 475 g/mol. The summed E-state index contributed by atoms with van der Waals surface area (Å²) in [5.41, 5.74) is 1.44. The number of anilines is 1. The molecule has 2 heterocycles. The van der Waals surface area contributed by atoms with Crippen LogP contribution in [0.2, 0.25) is 5.02 Å². The van der Waals surface area contributed by atoms with Crippen molar-refractivity contribution in [1.29, 1.82) is 0 Å². The Balaban J connectivity index is 1.57. The third kappa shape index (κ3) is 5.75. The number of carbonyl (C=O) groups excluding carboxylic acids is 1. The number of para-hydroxylation sites is 2. The van der Waals surface area contributed by atoms with Crippen LogP contribution in [0.1, 0.15) is 32.4 Å². The minimum Gasteiger partial charge on any atom is -0.444 e. The Labute approximate surface area is 196 Å². The molecule has 7 nitrogen and oxygen atoms in total. The van der Waals surface area contributed by atoms with E-state index in [9.17, 15) is 9.18 Å². The largest absolute Gasteiger partial charge is 0.444 e. The smallest absolute Gasteiger partial charge is 0.410 e. The summed E-state index contributed by atoms with van der Waals surface area (Å²) in [6.45, 7) is 6.84. The number of nitrogens with one attached hydrogen (secondary N) is 1. The van der Waals surface area contributed by atoms with E-state index in [1.165, 1.54) is 12.1 Å². The summed E-state index contributed by atoms with van der Waals surface area (Å²) in [4.78, 5) is 18.8. The van der Waals surface area contributed by atoms with Gasteiger partial charge >= 0.3 is 6.09 Å². The highest BCUT2D eigenvalue weighted by Gasteiger charge is 2.33. The van der Waals surface area contributed by atoms with E-state index in [2.05, 4.69) is 10.3 Å². The molecule has 1 N–H and O–H groups in total. The second-order valence-corrected chi connectivity index (χ2v) is 9.43. The lowest BCUT2D eigenvalue weighted by Crippen LogP contribution is -2.41. The minimum absolute atomic E-state index is 0.0453. The third-order valence-corrected chi connectivity index (χ3v) is 5.58. The van der Waals surface area contributed by atoms with Crippen molar-refractivity contribution in [1.82, 2.24) is 9.88 Å². The molecular formula is C24H27ClFN3O4. The average molecular weight is 476 g/mol. The molecule has 4 rings (SSSR count). The van der Waals surface area contributed by atoms with E-state index >= 15 is 0 Å². The third-order valence-electron chi connectivity index (χ3n) is 5.27. The quantitative estimate of drug-likeness (QED) is 0.525. The fourth-order valence-electron chi connectivity index (χ4n) is 3.78. The first-order valence-electron chi connectivity index (χ1n) is 10.8. The average Bonchev–Trinajstić information content (AvgIpc) is 3.04. The summed E-state index contributed by atoms with van der Waals surface area (Å²) < 4.78 is 31.6. The van der Waals surface area contributed by atoms with Gasteiger partial charge in [0.2, 0.25) is 0 Å². The second kappa shape index (κ2) is 9.57. The van der Waals surface area contributed by atoms with Crippen LogP contribution >= 0.6 is 11.6 Å². The van der Waals surface area contributed by atoms with Crippen LogP contribution < -0.4 is 5.32 Å². The van der Waals surface area contributed by atoms with Crippen LogP contribution in [0.4, 0.5) is 15.2 Å². The van der Waals surface area contributed by atoms with Crippen molar-refractivity contribution < 1.29 is 23.1 Å². The Morgan fingerprint density at radius 3 is 2.82 bits per heavy atom. The van der Waals surface area contributed by atoms with Gasteiger partial charge in [0.05, 0.1) is 17.7 Å². The van der Waals surface area contributed by atoms with Gasteiger partial charge in [-0.05, 0) is 50.6 Å². The molecule has 0 saturated carbocycles. The SMILES string of the molecule is CC(C)(C)OC(=O)N1CCO[C@@H](c2ccc(Cl)c(F)c2)[C@H](CNc2nc3ccccc3o2)C1. The summed E-state index contributed by atoms with van der Waals surface area (Å²) in [5, 5.41) is 3.25. The van der Waals surface area contributed by atoms with Gasteiger partial charge in [0.15, 0.2) is 5.58 Å². The van der Waals surface area contributed by atoms with Gasteiger partial charge in [-0.3, -0.25) is 0 Å². The molecule has 33 heavy (non-hydrogen) atoms. The number of ether oxygens (including phenoxy) is 2. The Bertz CT molecular complexity index is 1100. The first-order chi connectivity index (χ1) is 15.7. The van der Waals surface area contributed by atoms with Gasteiger partial charge in [0, 0.05) is 25.6 Å². The van der Waals surface area contributed by atoms with Gasteiger partial charge in [-0.25, -0.2) is 9.18 Å². The summed E-state index contributed by atoms with van der Waals surface area (Å²) in [5.74, 6) is -0.757. The lowest BCUT2D eigenvalue weighted by Gasteiger charge is -2.29. The fourth-order valence-corrected chi connectivity index (χ4v) is 3.90. The van der Waals surface area contributed by atoms with E-state index in [4.69, 9.17) is 25.5 Å². The highest BCUT2D eigenvalue weighted by Crippen LogP contribution is 2.32. The highest BCUT2D eigenvalue weighted by atomic mass is 35.5. The molecule has 1 fully saturated rings. The number of rotatable bonds is 4. The van der Waals surface area contributed by atoms with Crippen molar-refractivity contribution >= 4 is 34.8 Å². The fraction of sp³-hybridized carbons (Fsp3) is 0.417. The topological polar surface area (TPSA) is 76.8 Å². The van der Waals surface area contributed by atoms with Crippen LogP contribution in [0.25, 0.3) is 11.1 Å². The molecule has 0 spiro atoms. The summed E-state index contributed by atoms with van der Waals surface area (Å²) in [7, 11) is 0. The highest BCUT2D eigenvalue weighted by molar-refractivity contribution is 6.30. The molecule has 2 atom stereocenters. The lowest BCUT2D eigenvalue weighted by atomic mass is 9.95. The molecule has 2 aromatic carbocycles. The van der Waals surface area contributed by atoms with Crippen molar-refractivity contribution in [2.45, 2.75) is 32.5 Å². The van der Waals surface area contributed by atoms with Crippen LogP contribution in [0, 0.1) is 11.7 Å². The normalized spacial score (nSPS) is 19.4. The number of hydrogen-bond donors (Lipinski definition) is 1. The Morgan fingerprint density at radius 2 is 2.09 bits per heavy atom. The summed E-state index contributed by atoms with van der Waals surface area (Å²) in [6.07, 6.45) is -0.887. The van der Waals surface area contributed by atoms with Crippen LogP contribution in [-0.4, -0.2) is 47.8 Å². The summed E-state index contributed by atoms with van der Waals surface area (Å²) in [6, 6.07) is 12.5. The molecule has 0 unspecified atom stereocenters. The maximum absolute atomic E-state index is 14.2. The zero-order valence-electron chi connectivity index (χ0n) is 18.8. The van der Waals surface area contributed by atoms with Crippen LogP contribution in [0.5, 0.6) is 0 Å². The van der Waals surface area contributed by atoms with E-state index in [1.54, 1.807) is 11.0 Å². The van der Waals surface area contributed by atoms with Crippen molar-refractivity contribution in [3.63, 3.8) is 0 Å². The van der Waals surface area contributed by atoms with E-state index in [0.717, 1.165) is 5.52 Å². The van der Waals surface area contributed by atoms with Crippen molar-refractivity contribution in [3.05, 3.63) is 58.9 Å². The lowest BCUT2D eigenvalue weighted by molar-refractivity contribution is 0.0231. The van der Waals surface area contributed by atoms with Crippen LogP contribution in [0.15, 0.2) is 46.9 Å². The van der Waals surface area contributed by atoms with Gasteiger partial charge in [-0.15, -0.1) is 0 Å². The first-order valence-corrected chi connectivity index (χ1v) is 11.2. The van der Waals surface area contributed by atoms with E-state index in [-0.39, 0.29) is 17.5 Å². The second-order valence-electron chi connectivity index (χ2n) is 9.02. The van der Waals surface area contributed by atoms with E-state index in [0.29, 0.717) is 36.8 Å². The molecule has 1 amide bonds. The van der Waals surface area contributed by atoms with Gasteiger partial charge in [-0.1, -0.05) is 29.8 Å². The van der Waals surface area contributed by atoms with Gasteiger partial charge in [0.1, 0.15) is 16.9 Å². The number of benzene rings is 2. The molecule has 0 aliphatic carbocycles. The van der Waals surface area contributed by atoms with E-state index in [1.807, 2.05) is 45.0 Å². The van der Waals surface area contributed by atoms with E-state index < -0.39 is 23.6 Å².